The maximum atomic E-state index is 11.9. The Morgan fingerprint density at radius 2 is 1.92 bits per heavy atom. The van der Waals surface area contributed by atoms with Gasteiger partial charge in [-0.1, -0.05) is 42.5 Å². The Balaban J connectivity index is 1.98. The number of carbonyl (C=O) groups excluding carboxylic acids is 1. The first-order valence-electron chi connectivity index (χ1n) is 7.85. The molecule has 0 fully saturated rings. The highest BCUT2D eigenvalue weighted by atomic mass is 32.1. The molecule has 3 rings (SSSR count). The van der Waals surface area contributed by atoms with Gasteiger partial charge in [-0.15, -0.1) is 0 Å². The molecule has 132 valence electrons. The molecule has 0 unspecified atom stereocenters. The van der Waals surface area contributed by atoms with Crippen molar-refractivity contribution < 1.29 is 9.72 Å². The van der Waals surface area contributed by atoms with Gasteiger partial charge in [0.1, 0.15) is 4.99 Å². The summed E-state index contributed by atoms with van der Waals surface area (Å²) in [6, 6.07) is 14.6. The van der Waals surface area contributed by atoms with E-state index in [1.165, 1.54) is 12.1 Å². The summed E-state index contributed by atoms with van der Waals surface area (Å²) in [6.45, 7) is 1.75. The lowest BCUT2D eigenvalue weighted by Crippen LogP contribution is -2.45. The molecule has 0 radical (unpaired) electrons. The second-order valence-corrected chi connectivity index (χ2v) is 6.15. The number of carbonyl (C=O) groups is 1. The van der Waals surface area contributed by atoms with E-state index in [1.807, 2.05) is 30.3 Å². The summed E-state index contributed by atoms with van der Waals surface area (Å²) in [5.74, 6) is 0. The highest BCUT2D eigenvalue weighted by molar-refractivity contribution is 7.81. The van der Waals surface area contributed by atoms with Gasteiger partial charge in [-0.05, 0) is 24.6 Å². The molecule has 0 saturated carbocycles. The number of nitro groups is 1. The van der Waals surface area contributed by atoms with Crippen LogP contribution in [0.3, 0.4) is 0 Å². The van der Waals surface area contributed by atoms with Gasteiger partial charge in [0.15, 0.2) is 0 Å². The molecule has 7 nitrogen and oxygen atoms in total. The average Bonchev–Trinajstić information content (AvgIpc) is 2.61. The van der Waals surface area contributed by atoms with Gasteiger partial charge in [-0.2, -0.15) is 0 Å². The van der Waals surface area contributed by atoms with Gasteiger partial charge in [-0.3, -0.25) is 10.1 Å². The van der Waals surface area contributed by atoms with Crippen LogP contribution >= 0.6 is 12.2 Å². The minimum atomic E-state index is -0.590. The Hall–Kier alpha value is -3.26. The van der Waals surface area contributed by atoms with Crippen LogP contribution in [0.2, 0.25) is 0 Å². The SMILES string of the molecule is CC1=C(C(=S)Nc2ccccc2)[C@H](c2cccc([N+](=O)[O-])c2)NC(=O)N1. The lowest BCUT2D eigenvalue weighted by atomic mass is 9.95. The summed E-state index contributed by atoms with van der Waals surface area (Å²) in [6.07, 6.45) is 0. The molecule has 8 heteroatoms. The standard InChI is InChI=1S/C18H16N4O3S/c1-11-15(17(26)20-13-7-3-2-4-8-13)16(21-18(23)19-11)12-6-5-9-14(10-12)22(24)25/h2-10,16H,1H3,(H,20,26)(H2,19,21,23)/t16-/m0/s1. The van der Waals surface area contributed by atoms with Crippen molar-refractivity contribution in [3.63, 3.8) is 0 Å². The van der Waals surface area contributed by atoms with Crippen LogP contribution in [0.4, 0.5) is 16.2 Å². The molecule has 3 N–H and O–H groups in total. The molecule has 0 aromatic heterocycles. The fourth-order valence-electron chi connectivity index (χ4n) is 2.78. The molecular formula is C18H16N4O3S. The number of nitro benzene ring substituents is 1. The number of non-ortho nitro benzene ring substituents is 1. The molecule has 2 aromatic carbocycles. The summed E-state index contributed by atoms with van der Waals surface area (Å²) in [5.41, 5.74) is 2.60. The number of urea groups is 1. The van der Waals surface area contributed by atoms with Crippen LogP contribution in [0.5, 0.6) is 0 Å². The Morgan fingerprint density at radius 3 is 2.62 bits per heavy atom. The molecule has 26 heavy (non-hydrogen) atoms. The van der Waals surface area contributed by atoms with Crippen LogP contribution in [-0.2, 0) is 0 Å². The monoisotopic (exact) mass is 368 g/mol. The van der Waals surface area contributed by atoms with Crippen LogP contribution in [-0.4, -0.2) is 15.9 Å². The van der Waals surface area contributed by atoms with Crippen LogP contribution in [0.25, 0.3) is 0 Å². The number of thiocarbonyl (C=S) groups is 1. The smallest absolute Gasteiger partial charge is 0.319 e. The fourth-order valence-corrected chi connectivity index (χ4v) is 3.17. The number of anilines is 1. The maximum absolute atomic E-state index is 11.9. The highest BCUT2D eigenvalue weighted by Gasteiger charge is 2.30. The molecule has 1 aliphatic heterocycles. The van der Waals surface area contributed by atoms with Gasteiger partial charge >= 0.3 is 6.03 Å². The topological polar surface area (TPSA) is 96.3 Å². The minimum absolute atomic E-state index is 0.0470. The van der Waals surface area contributed by atoms with Gasteiger partial charge in [0, 0.05) is 29.1 Å². The number of nitrogens with zero attached hydrogens (tertiary/aromatic N) is 1. The third-order valence-electron chi connectivity index (χ3n) is 3.96. The summed E-state index contributed by atoms with van der Waals surface area (Å²) >= 11 is 5.54. The van der Waals surface area contributed by atoms with E-state index in [9.17, 15) is 14.9 Å². The fraction of sp³-hybridized carbons (Fsp3) is 0.111. The Labute approximate surface area is 155 Å². The normalized spacial score (nSPS) is 16.5. The van der Waals surface area contributed by atoms with Crippen LogP contribution in [0.15, 0.2) is 65.9 Å². The first kappa shape index (κ1) is 17.6. The van der Waals surface area contributed by atoms with Gasteiger partial charge in [-0.25, -0.2) is 4.79 Å². The molecule has 2 aromatic rings. The number of amides is 2. The predicted molar refractivity (Wildman–Crippen MR) is 103 cm³/mol. The molecular weight excluding hydrogens is 352 g/mol. The molecule has 0 bridgehead atoms. The summed E-state index contributed by atoms with van der Waals surface area (Å²) < 4.78 is 0. The molecule has 1 heterocycles. The van der Waals surface area contributed by atoms with Crippen LogP contribution in [0, 0.1) is 10.1 Å². The Morgan fingerprint density at radius 1 is 1.19 bits per heavy atom. The molecule has 0 saturated heterocycles. The molecule has 2 amide bonds. The predicted octanol–water partition coefficient (Wildman–Crippen LogP) is 3.66. The van der Waals surface area contributed by atoms with Crippen molar-refractivity contribution in [1.29, 1.82) is 0 Å². The number of allylic oxidation sites excluding steroid dienone is 1. The number of hydrogen-bond donors (Lipinski definition) is 3. The van der Waals surface area contributed by atoms with Crippen molar-refractivity contribution in [2.45, 2.75) is 13.0 Å². The zero-order valence-electron chi connectivity index (χ0n) is 13.9. The summed E-state index contributed by atoms with van der Waals surface area (Å²) in [4.78, 5) is 23.0. The van der Waals surface area contributed by atoms with Gasteiger partial charge in [0.25, 0.3) is 5.69 Å². The van der Waals surface area contributed by atoms with Crippen molar-refractivity contribution in [1.82, 2.24) is 10.6 Å². The molecule has 0 aliphatic carbocycles. The maximum Gasteiger partial charge on any atom is 0.319 e. The Bertz CT molecular complexity index is 912. The summed E-state index contributed by atoms with van der Waals surface area (Å²) in [7, 11) is 0. The van der Waals surface area contributed by atoms with E-state index >= 15 is 0 Å². The van der Waals surface area contributed by atoms with Crippen molar-refractivity contribution in [3.05, 3.63) is 81.5 Å². The van der Waals surface area contributed by atoms with E-state index in [0.29, 0.717) is 21.8 Å². The average molecular weight is 368 g/mol. The quantitative estimate of drug-likeness (QED) is 0.435. The first-order valence-corrected chi connectivity index (χ1v) is 8.25. The van der Waals surface area contributed by atoms with E-state index in [0.717, 1.165) is 5.69 Å². The zero-order valence-corrected chi connectivity index (χ0v) is 14.7. The van der Waals surface area contributed by atoms with Crippen LogP contribution in [0.1, 0.15) is 18.5 Å². The van der Waals surface area contributed by atoms with Crippen molar-refractivity contribution in [2.75, 3.05) is 5.32 Å². The number of nitrogens with one attached hydrogen (secondary N) is 3. The largest absolute Gasteiger partial charge is 0.346 e. The van der Waals surface area contributed by atoms with Crippen molar-refractivity contribution >= 4 is 34.6 Å². The molecule has 1 atom stereocenters. The number of rotatable bonds is 4. The minimum Gasteiger partial charge on any atom is -0.346 e. The number of hydrogen-bond acceptors (Lipinski definition) is 4. The zero-order chi connectivity index (χ0) is 18.7. The highest BCUT2D eigenvalue weighted by Crippen LogP contribution is 2.30. The molecule has 0 spiro atoms. The lowest BCUT2D eigenvalue weighted by molar-refractivity contribution is -0.384. The summed E-state index contributed by atoms with van der Waals surface area (Å²) in [5, 5.41) is 19.7. The van der Waals surface area contributed by atoms with Crippen LogP contribution < -0.4 is 16.0 Å². The van der Waals surface area contributed by atoms with Gasteiger partial charge in [0.2, 0.25) is 0 Å². The second-order valence-electron chi connectivity index (χ2n) is 5.74. The van der Waals surface area contributed by atoms with E-state index in [-0.39, 0.29) is 11.7 Å². The third kappa shape index (κ3) is 3.70. The third-order valence-corrected chi connectivity index (χ3v) is 4.28. The first-order chi connectivity index (χ1) is 12.5. The second kappa shape index (κ2) is 7.32. The van der Waals surface area contributed by atoms with Gasteiger partial charge in [0.05, 0.1) is 11.0 Å². The lowest BCUT2D eigenvalue weighted by Gasteiger charge is -2.30. The van der Waals surface area contributed by atoms with E-state index < -0.39 is 11.0 Å². The number of para-hydroxylation sites is 1. The Kier molecular flexibility index (Phi) is 4.94. The molecule has 1 aliphatic rings. The van der Waals surface area contributed by atoms with E-state index in [2.05, 4.69) is 16.0 Å². The van der Waals surface area contributed by atoms with E-state index in [1.54, 1.807) is 19.1 Å². The van der Waals surface area contributed by atoms with Gasteiger partial charge < -0.3 is 16.0 Å². The number of benzene rings is 2. The van der Waals surface area contributed by atoms with Crippen molar-refractivity contribution in [3.8, 4) is 0 Å². The van der Waals surface area contributed by atoms with Crippen molar-refractivity contribution in [2.24, 2.45) is 0 Å². The van der Waals surface area contributed by atoms with E-state index in [4.69, 9.17) is 12.2 Å².